The predicted molar refractivity (Wildman–Crippen MR) is 86.4 cm³/mol. The van der Waals surface area contributed by atoms with Crippen LogP contribution in [-0.4, -0.2) is 31.2 Å². The maximum Gasteiger partial charge on any atom is 0.217 e. The van der Waals surface area contributed by atoms with E-state index in [0.717, 1.165) is 48.8 Å². The summed E-state index contributed by atoms with van der Waals surface area (Å²) < 4.78 is 29.8. The molecule has 1 aliphatic heterocycles. The molecule has 0 aromatic carbocycles. The number of rotatable bonds is 2. The third-order valence-electron chi connectivity index (χ3n) is 4.43. The molecule has 4 rings (SSSR count). The Morgan fingerprint density at radius 2 is 1.83 bits per heavy atom. The summed E-state index contributed by atoms with van der Waals surface area (Å²) in [4.78, 5) is 8.98. The molecule has 0 radical (unpaired) electrons. The summed E-state index contributed by atoms with van der Waals surface area (Å²) in [6.07, 6.45) is 5.85. The van der Waals surface area contributed by atoms with Crippen LogP contribution in [0.4, 0.5) is 0 Å². The normalized spacial score (nSPS) is 16.6. The lowest BCUT2D eigenvalue weighted by Crippen LogP contribution is -2.11. The first-order valence-corrected chi connectivity index (χ1v) is 9.77. The van der Waals surface area contributed by atoms with Crippen molar-refractivity contribution >= 4 is 9.84 Å². The van der Waals surface area contributed by atoms with E-state index in [-0.39, 0.29) is 5.03 Å². The van der Waals surface area contributed by atoms with Crippen molar-refractivity contribution in [2.24, 2.45) is 0 Å². The Kier molecular flexibility index (Phi) is 3.37. The van der Waals surface area contributed by atoms with Gasteiger partial charge in [-0.1, -0.05) is 6.07 Å². The highest BCUT2D eigenvalue weighted by Crippen LogP contribution is 2.32. The molecule has 3 heterocycles. The third kappa shape index (κ3) is 2.61. The van der Waals surface area contributed by atoms with E-state index in [1.165, 1.54) is 6.26 Å². The zero-order chi connectivity index (χ0) is 16.0. The summed E-state index contributed by atoms with van der Waals surface area (Å²) in [6.45, 7) is 0.676. The highest BCUT2D eigenvalue weighted by atomic mass is 32.2. The summed E-state index contributed by atoms with van der Waals surface area (Å²) >= 11 is 0. The fourth-order valence-corrected chi connectivity index (χ4v) is 4.29. The molecule has 0 bridgehead atoms. The van der Waals surface area contributed by atoms with Crippen LogP contribution in [0.15, 0.2) is 23.2 Å². The minimum Gasteiger partial charge on any atom is -0.477 e. The first-order valence-electron chi connectivity index (χ1n) is 7.88. The van der Waals surface area contributed by atoms with Crippen molar-refractivity contribution in [1.82, 2.24) is 9.97 Å². The monoisotopic (exact) mass is 330 g/mol. The number of nitrogens with zero attached hydrogens (tertiary/aromatic N) is 2. The van der Waals surface area contributed by atoms with Crippen molar-refractivity contribution in [3.05, 3.63) is 34.9 Å². The summed E-state index contributed by atoms with van der Waals surface area (Å²) in [5.74, 6) is 0.650. The third-order valence-corrected chi connectivity index (χ3v) is 5.47. The summed E-state index contributed by atoms with van der Waals surface area (Å²) in [6, 6.07) is 5.89. The Morgan fingerprint density at radius 3 is 2.65 bits per heavy atom. The molecule has 120 valence electrons. The van der Waals surface area contributed by atoms with Crippen molar-refractivity contribution in [3.63, 3.8) is 0 Å². The maximum atomic E-state index is 12.1. The van der Waals surface area contributed by atoms with Gasteiger partial charge in [0.2, 0.25) is 5.88 Å². The first kappa shape index (κ1) is 14.6. The molecular weight excluding hydrogens is 312 g/mol. The van der Waals surface area contributed by atoms with Gasteiger partial charge in [-0.3, -0.25) is 0 Å². The fraction of sp³-hybridized carbons (Fsp3) is 0.412. The Bertz CT molecular complexity index is 891. The van der Waals surface area contributed by atoms with Gasteiger partial charge in [0.25, 0.3) is 0 Å². The van der Waals surface area contributed by atoms with Crippen molar-refractivity contribution < 1.29 is 13.2 Å². The number of aromatic nitrogens is 2. The van der Waals surface area contributed by atoms with Gasteiger partial charge in [-0.25, -0.2) is 18.4 Å². The average molecular weight is 330 g/mol. The van der Waals surface area contributed by atoms with Crippen molar-refractivity contribution in [2.75, 3.05) is 12.9 Å². The fourth-order valence-electron chi connectivity index (χ4n) is 3.34. The molecule has 2 aromatic heterocycles. The largest absolute Gasteiger partial charge is 0.477 e. The van der Waals surface area contributed by atoms with E-state index < -0.39 is 9.84 Å². The Balaban J connectivity index is 1.87. The molecule has 0 N–H and O–H groups in total. The van der Waals surface area contributed by atoms with E-state index >= 15 is 0 Å². The van der Waals surface area contributed by atoms with Gasteiger partial charge in [-0.15, -0.1) is 0 Å². The van der Waals surface area contributed by atoms with Gasteiger partial charge in [-0.05, 0) is 55.4 Å². The van der Waals surface area contributed by atoms with Gasteiger partial charge in [0, 0.05) is 11.8 Å². The SMILES string of the molecule is CS(=O)(=O)c1nc(-c2ccc3c(n2)OCCC3)cc2c1CCC2. The van der Waals surface area contributed by atoms with Crippen LogP contribution in [0.5, 0.6) is 5.88 Å². The van der Waals surface area contributed by atoms with Crippen molar-refractivity contribution in [3.8, 4) is 17.3 Å². The molecule has 5 nitrogen and oxygen atoms in total. The summed E-state index contributed by atoms with van der Waals surface area (Å²) in [5, 5.41) is 0.211. The molecule has 0 fully saturated rings. The molecule has 0 atom stereocenters. The highest BCUT2D eigenvalue weighted by Gasteiger charge is 2.24. The molecule has 2 aromatic rings. The molecule has 23 heavy (non-hydrogen) atoms. The minimum absolute atomic E-state index is 0.211. The van der Waals surface area contributed by atoms with Crippen LogP contribution in [0.25, 0.3) is 11.4 Å². The molecule has 2 aliphatic rings. The number of pyridine rings is 2. The zero-order valence-corrected chi connectivity index (χ0v) is 13.8. The molecule has 6 heteroatoms. The van der Waals surface area contributed by atoms with E-state index in [9.17, 15) is 8.42 Å². The van der Waals surface area contributed by atoms with E-state index in [4.69, 9.17) is 4.74 Å². The lowest BCUT2D eigenvalue weighted by Gasteiger charge is -2.17. The van der Waals surface area contributed by atoms with Crippen LogP contribution in [0, 0.1) is 0 Å². The smallest absolute Gasteiger partial charge is 0.217 e. The molecule has 0 saturated heterocycles. The molecule has 1 aliphatic carbocycles. The second-order valence-corrected chi connectivity index (χ2v) is 8.12. The van der Waals surface area contributed by atoms with E-state index in [1.807, 2.05) is 18.2 Å². The van der Waals surface area contributed by atoms with Crippen LogP contribution in [0.1, 0.15) is 29.5 Å². The topological polar surface area (TPSA) is 69.2 Å². The van der Waals surface area contributed by atoms with Gasteiger partial charge in [0.1, 0.15) is 0 Å². The Labute approximate surface area is 135 Å². The predicted octanol–water partition coefficient (Wildman–Crippen LogP) is 2.36. The van der Waals surface area contributed by atoms with Crippen LogP contribution in [0.2, 0.25) is 0 Å². The minimum atomic E-state index is -3.35. The van der Waals surface area contributed by atoms with Crippen LogP contribution in [0.3, 0.4) is 0 Å². The number of hydrogen-bond donors (Lipinski definition) is 0. The van der Waals surface area contributed by atoms with E-state index in [1.54, 1.807) is 0 Å². The van der Waals surface area contributed by atoms with Crippen molar-refractivity contribution in [2.45, 2.75) is 37.1 Å². The highest BCUT2D eigenvalue weighted by molar-refractivity contribution is 7.90. The number of sulfone groups is 1. The number of aryl methyl sites for hydroxylation is 2. The molecule has 0 spiro atoms. The average Bonchev–Trinajstić information content (AvgIpc) is 3.00. The van der Waals surface area contributed by atoms with Crippen LogP contribution >= 0.6 is 0 Å². The number of hydrogen-bond acceptors (Lipinski definition) is 5. The lowest BCUT2D eigenvalue weighted by atomic mass is 10.1. The standard InChI is InChI=1S/C17H18N2O3S/c1-23(20,21)17-13-6-2-4-12(13)10-15(19-17)14-8-7-11-5-3-9-22-16(11)18-14/h7-8,10H,2-6,9H2,1H3. The van der Waals surface area contributed by atoms with Gasteiger partial charge < -0.3 is 4.74 Å². The summed E-state index contributed by atoms with van der Waals surface area (Å²) in [7, 11) is -3.35. The van der Waals surface area contributed by atoms with Crippen LogP contribution in [-0.2, 0) is 29.1 Å². The van der Waals surface area contributed by atoms with Gasteiger partial charge in [-0.2, -0.15) is 0 Å². The Morgan fingerprint density at radius 1 is 1.00 bits per heavy atom. The van der Waals surface area contributed by atoms with E-state index in [2.05, 4.69) is 9.97 Å². The summed E-state index contributed by atoms with van der Waals surface area (Å²) in [5.41, 5.74) is 4.35. The molecule has 0 amide bonds. The Hall–Kier alpha value is -1.95. The van der Waals surface area contributed by atoms with Gasteiger partial charge in [0.05, 0.1) is 18.0 Å². The number of ether oxygens (including phenoxy) is 1. The number of fused-ring (bicyclic) bond motifs is 2. The van der Waals surface area contributed by atoms with Gasteiger partial charge >= 0.3 is 0 Å². The second-order valence-electron chi connectivity index (χ2n) is 6.19. The van der Waals surface area contributed by atoms with E-state index in [0.29, 0.717) is 23.9 Å². The maximum absolute atomic E-state index is 12.1. The first-order chi connectivity index (χ1) is 11.0. The zero-order valence-electron chi connectivity index (χ0n) is 13.0. The van der Waals surface area contributed by atoms with Crippen LogP contribution < -0.4 is 4.74 Å². The second kappa shape index (κ2) is 5.30. The lowest BCUT2D eigenvalue weighted by molar-refractivity contribution is 0.276. The molecular formula is C17H18N2O3S. The van der Waals surface area contributed by atoms with Gasteiger partial charge in [0.15, 0.2) is 14.9 Å². The quantitative estimate of drug-likeness (QED) is 0.845. The van der Waals surface area contributed by atoms with Crippen molar-refractivity contribution in [1.29, 1.82) is 0 Å². The molecule has 0 saturated carbocycles. The molecule has 0 unspecified atom stereocenters.